The summed E-state index contributed by atoms with van der Waals surface area (Å²) in [6, 6.07) is 18.4. The Bertz CT molecular complexity index is 488. The standard InChI is InChI=1S/C17H20O2/c1-13(18)14(2)19-17-10-8-16(9-11-17)12-15-6-4-3-5-7-15/h3-11,13-14,18H,12H2,1-2H3. The predicted molar refractivity (Wildman–Crippen MR) is 77.5 cm³/mol. The first-order valence-electron chi connectivity index (χ1n) is 6.63. The van der Waals surface area contributed by atoms with E-state index in [0.29, 0.717) is 0 Å². The lowest BCUT2D eigenvalue weighted by molar-refractivity contribution is 0.0604. The van der Waals surface area contributed by atoms with Crippen molar-refractivity contribution < 1.29 is 9.84 Å². The first-order valence-corrected chi connectivity index (χ1v) is 6.63. The Balaban J connectivity index is 1.99. The summed E-state index contributed by atoms with van der Waals surface area (Å²) in [6.45, 7) is 3.59. The zero-order chi connectivity index (χ0) is 13.7. The molecule has 0 saturated carbocycles. The van der Waals surface area contributed by atoms with Gasteiger partial charge in [-0.1, -0.05) is 42.5 Å². The number of hydrogen-bond donors (Lipinski definition) is 1. The van der Waals surface area contributed by atoms with Crippen LogP contribution in [0.2, 0.25) is 0 Å². The Hall–Kier alpha value is -1.80. The van der Waals surface area contributed by atoms with E-state index >= 15 is 0 Å². The van der Waals surface area contributed by atoms with Crippen molar-refractivity contribution in [3.63, 3.8) is 0 Å². The fourth-order valence-electron chi connectivity index (χ4n) is 1.83. The van der Waals surface area contributed by atoms with E-state index in [1.54, 1.807) is 6.92 Å². The molecule has 0 amide bonds. The lowest BCUT2D eigenvalue weighted by Crippen LogP contribution is -2.25. The number of aliphatic hydroxyl groups is 1. The maximum atomic E-state index is 9.41. The fourth-order valence-corrected chi connectivity index (χ4v) is 1.83. The van der Waals surface area contributed by atoms with Gasteiger partial charge in [-0.25, -0.2) is 0 Å². The highest BCUT2D eigenvalue weighted by Gasteiger charge is 2.09. The van der Waals surface area contributed by atoms with Crippen LogP contribution in [0.1, 0.15) is 25.0 Å². The highest BCUT2D eigenvalue weighted by molar-refractivity contribution is 5.31. The SMILES string of the molecule is CC(O)C(C)Oc1ccc(Cc2ccccc2)cc1. The molecule has 1 N–H and O–H groups in total. The molecule has 2 atom stereocenters. The van der Waals surface area contributed by atoms with Crippen molar-refractivity contribution in [2.45, 2.75) is 32.5 Å². The summed E-state index contributed by atoms with van der Waals surface area (Å²) in [7, 11) is 0. The molecule has 0 spiro atoms. The molecule has 0 radical (unpaired) electrons. The topological polar surface area (TPSA) is 29.5 Å². The van der Waals surface area contributed by atoms with Crippen molar-refractivity contribution >= 4 is 0 Å². The van der Waals surface area contributed by atoms with Crippen molar-refractivity contribution in [1.29, 1.82) is 0 Å². The van der Waals surface area contributed by atoms with Gasteiger partial charge in [0.2, 0.25) is 0 Å². The van der Waals surface area contributed by atoms with Crippen LogP contribution in [0.3, 0.4) is 0 Å². The normalized spacial score (nSPS) is 13.8. The lowest BCUT2D eigenvalue weighted by atomic mass is 10.1. The summed E-state index contributed by atoms with van der Waals surface area (Å²) in [5.41, 5.74) is 2.55. The molecule has 2 nitrogen and oxygen atoms in total. The monoisotopic (exact) mass is 256 g/mol. The molecule has 2 heteroatoms. The van der Waals surface area contributed by atoms with E-state index in [-0.39, 0.29) is 6.10 Å². The van der Waals surface area contributed by atoms with Crippen LogP contribution in [0.5, 0.6) is 5.75 Å². The van der Waals surface area contributed by atoms with Gasteiger partial charge in [0.1, 0.15) is 11.9 Å². The first-order chi connectivity index (χ1) is 9.15. The van der Waals surface area contributed by atoms with Gasteiger partial charge in [-0.05, 0) is 43.5 Å². The largest absolute Gasteiger partial charge is 0.488 e. The number of aliphatic hydroxyl groups excluding tert-OH is 1. The predicted octanol–water partition coefficient (Wildman–Crippen LogP) is 3.43. The molecule has 0 fully saturated rings. The molecule has 0 heterocycles. The number of ether oxygens (including phenoxy) is 1. The Kier molecular flexibility index (Phi) is 4.58. The Labute approximate surface area is 114 Å². The maximum absolute atomic E-state index is 9.41. The van der Waals surface area contributed by atoms with Crippen LogP contribution >= 0.6 is 0 Å². The average molecular weight is 256 g/mol. The minimum absolute atomic E-state index is 0.194. The van der Waals surface area contributed by atoms with Crippen molar-refractivity contribution in [1.82, 2.24) is 0 Å². The second-order valence-electron chi connectivity index (χ2n) is 4.87. The third-order valence-electron chi connectivity index (χ3n) is 3.18. The van der Waals surface area contributed by atoms with Crippen LogP contribution in [0, 0.1) is 0 Å². The minimum atomic E-state index is -0.469. The second kappa shape index (κ2) is 6.39. The molecule has 19 heavy (non-hydrogen) atoms. The van der Waals surface area contributed by atoms with Gasteiger partial charge < -0.3 is 9.84 Å². The molecular weight excluding hydrogens is 236 g/mol. The lowest BCUT2D eigenvalue weighted by Gasteiger charge is -2.17. The van der Waals surface area contributed by atoms with Gasteiger partial charge in [0.25, 0.3) is 0 Å². The third-order valence-corrected chi connectivity index (χ3v) is 3.18. The highest BCUT2D eigenvalue weighted by atomic mass is 16.5. The maximum Gasteiger partial charge on any atom is 0.121 e. The zero-order valence-electron chi connectivity index (χ0n) is 11.4. The molecule has 2 aromatic rings. The first kappa shape index (κ1) is 13.6. The number of hydrogen-bond acceptors (Lipinski definition) is 2. The molecule has 0 aliphatic carbocycles. The summed E-state index contributed by atoms with van der Waals surface area (Å²) in [5.74, 6) is 0.796. The van der Waals surface area contributed by atoms with Crippen molar-refractivity contribution in [2.75, 3.05) is 0 Å². The third kappa shape index (κ3) is 4.11. The van der Waals surface area contributed by atoms with E-state index in [0.717, 1.165) is 12.2 Å². The van der Waals surface area contributed by atoms with Crippen molar-refractivity contribution in [3.8, 4) is 5.75 Å². The van der Waals surface area contributed by atoms with Gasteiger partial charge >= 0.3 is 0 Å². The molecular formula is C17H20O2. The van der Waals surface area contributed by atoms with Gasteiger partial charge in [0.05, 0.1) is 6.10 Å². The van der Waals surface area contributed by atoms with Crippen LogP contribution in [-0.2, 0) is 6.42 Å². The van der Waals surface area contributed by atoms with Crippen molar-refractivity contribution in [3.05, 3.63) is 65.7 Å². The second-order valence-corrected chi connectivity index (χ2v) is 4.87. The van der Waals surface area contributed by atoms with Gasteiger partial charge in [-0.2, -0.15) is 0 Å². The van der Waals surface area contributed by atoms with Gasteiger partial charge in [-0.3, -0.25) is 0 Å². The number of rotatable bonds is 5. The van der Waals surface area contributed by atoms with E-state index < -0.39 is 6.10 Å². The van der Waals surface area contributed by atoms with E-state index in [1.165, 1.54) is 11.1 Å². The summed E-state index contributed by atoms with van der Waals surface area (Å²) >= 11 is 0. The van der Waals surface area contributed by atoms with Gasteiger partial charge in [0, 0.05) is 0 Å². The van der Waals surface area contributed by atoms with E-state index in [1.807, 2.05) is 25.1 Å². The summed E-state index contributed by atoms with van der Waals surface area (Å²) in [6.07, 6.45) is 0.261. The summed E-state index contributed by atoms with van der Waals surface area (Å²) < 4.78 is 5.63. The van der Waals surface area contributed by atoms with Crippen LogP contribution in [-0.4, -0.2) is 17.3 Å². The van der Waals surface area contributed by atoms with Crippen LogP contribution in [0.15, 0.2) is 54.6 Å². The summed E-state index contributed by atoms with van der Waals surface area (Å²) in [5, 5.41) is 9.41. The molecule has 0 aliphatic heterocycles. The van der Waals surface area contributed by atoms with E-state index in [2.05, 4.69) is 36.4 Å². The molecule has 0 aliphatic rings. The zero-order valence-corrected chi connectivity index (χ0v) is 11.4. The summed E-state index contributed by atoms with van der Waals surface area (Å²) in [4.78, 5) is 0. The van der Waals surface area contributed by atoms with Gasteiger partial charge in [0.15, 0.2) is 0 Å². The minimum Gasteiger partial charge on any atom is -0.488 e. The molecule has 0 bridgehead atoms. The van der Waals surface area contributed by atoms with Crippen molar-refractivity contribution in [2.24, 2.45) is 0 Å². The molecule has 2 rings (SSSR count). The molecule has 0 aromatic heterocycles. The smallest absolute Gasteiger partial charge is 0.121 e. The van der Waals surface area contributed by atoms with Crippen LogP contribution in [0.25, 0.3) is 0 Å². The van der Waals surface area contributed by atoms with Crippen LogP contribution < -0.4 is 4.74 Å². The fraction of sp³-hybridized carbons (Fsp3) is 0.294. The Morgan fingerprint density at radius 1 is 0.895 bits per heavy atom. The molecule has 2 aromatic carbocycles. The number of benzene rings is 2. The molecule has 0 saturated heterocycles. The quantitative estimate of drug-likeness (QED) is 0.888. The molecule has 100 valence electrons. The van der Waals surface area contributed by atoms with Gasteiger partial charge in [-0.15, -0.1) is 0 Å². The Morgan fingerprint density at radius 2 is 1.47 bits per heavy atom. The van der Waals surface area contributed by atoms with E-state index in [4.69, 9.17) is 4.74 Å². The van der Waals surface area contributed by atoms with E-state index in [9.17, 15) is 5.11 Å². The highest BCUT2D eigenvalue weighted by Crippen LogP contribution is 2.17. The van der Waals surface area contributed by atoms with Crippen LogP contribution in [0.4, 0.5) is 0 Å². The Morgan fingerprint density at radius 3 is 2.05 bits per heavy atom. The molecule has 2 unspecified atom stereocenters. The average Bonchev–Trinajstić information content (AvgIpc) is 2.42.